The highest BCUT2D eigenvalue weighted by Crippen LogP contribution is 2.12. The van der Waals surface area contributed by atoms with Gasteiger partial charge in [-0.3, -0.25) is 9.59 Å². The molecule has 0 aliphatic carbocycles. The van der Waals surface area contributed by atoms with Gasteiger partial charge in [0, 0.05) is 12.2 Å². The van der Waals surface area contributed by atoms with E-state index in [0.717, 1.165) is 5.56 Å². The third kappa shape index (κ3) is 4.90. The van der Waals surface area contributed by atoms with Gasteiger partial charge in [-0.25, -0.2) is 13.6 Å². The van der Waals surface area contributed by atoms with Crippen LogP contribution < -0.4 is 15.8 Å². The number of carbonyl (C=O) groups is 2. The highest BCUT2D eigenvalue weighted by molar-refractivity contribution is 7.89. The molecule has 23 heavy (non-hydrogen) atoms. The van der Waals surface area contributed by atoms with Crippen molar-refractivity contribution in [2.24, 2.45) is 5.14 Å². The van der Waals surface area contributed by atoms with E-state index >= 15 is 0 Å². The lowest BCUT2D eigenvalue weighted by Crippen LogP contribution is -2.34. The Labute approximate surface area is 133 Å². The van der Waals surface area contributed by atoms with Crippen molar-refractivity contribution in [1.82, 2.24) is 5.32 Å². The summed E-state index contributed by atoms with van der Waals surface area (Å²) in [6, 6.07) is 14.3. The van der Waals surface area contributed by atoms with Gasteiger partial charge in [0.2, 0.25) is 10.0 Å². The molecule has 0 atom stereocenters. The molecule has 0 heterocycles. The monoisotopic (exact) mass is 333 g/mol. The zero-order valence-corrected chi connectivity index (χ0v) is 12.8. The summed E-state index contributed by atoms with van der Waals surface area (Å²) >= 11 is 0. The van der Waals surface area contributed by atoms with E-state index in [2.05, 4.69) is 10.6 Å². The predicted octanol–water partition coefficient (Wildman–Crippen LogP) is 0.589. The zero-order valence-electron chi connectivity index (χ0n) is 12.0. The number of primary sulfonamides is 1. The van der Waals surface area contributed by atoms with Crippen LogP contribution in [-0.4, -0.2) is 20.2 Å². The second kappa shape index (κ2) is 7.03. The molecule has 2 aromatic rings. The molecule has 8 heteroatoms. The molecule has 0 radical (unpaired) electrons. The van der Waals surface area contributed by atoms with Gasteiger partial charge in [0.05, 0.1) is 4.90 Å². The van der Waals surface area contributed by atoms with E-state index in [1.54, 1.807) is 0 Å². The van der Waals surface area contributed by atoms with Crippen LogP contribution in [0.2, 0.25) is 0 Å². The van der Waals surface area contributed by atoms with Gasteiger partial charge in [0.25, 0.3) is 0 Å². The molecule has 0 fully saturated rings. The average molecular weight is 333 g/mol. The van der Waals surface area contributed by atoms with Crippen molar-refractivity contribution < 1.29 is 18.0 Å². The minimum absolute atomic E-state index is 0.0796. The number of rotatable bonds is 4. The highest BCUT2D eigenvalue weighted by atomic mass is 32.2. The summed E-state index contributed by atoms with van der Waals surface area (Å²) in [5.74, 6) is -1.63. The fraction of sp³-hybridized carbons (Fsp3) is 0.0667. The lowest BCUT2D eigenvalue weighted by atomic mass is 10.2. The molecule has 0 spiro atoms. The second-order valence-electron chi connectivity index (χ2n) is 4.69. The highest BCUT2D eigenvalue weighted by Gasteiger charge is 2.14. The normalized spacial score (nSPS) is 10.8. The zero-order chi connectivity index (χ0) is 16.9. The number of nitrogens with one attached hydrogen (secondary N) is 2. The van der Waals surface area contributed by atoms with Crippen LogP contribution in [0.4, 0.5) is 5.69 Å². The molecule has 2 aromatic carbocycles. The Kier molecular flexibility index (Phi) is 5.09. The first-order chi connectivity index (χ1) is 10.9. The van der Waals surface area contributed by atoms with Gasteiger partial charge in [-0.2, -0.15) is 0 Å². The summed E-state index contributed by atoms with van der Waals surface area (Å²) in [6.45, 7) is 0.234. The molecule has 4 N–H and O–H groups in total. The number of nitrogens with two attached hydrogens (primary N) is 1. The van der Waals surface area contributed by atoms with Crippen molar-refractivity contribution >= 4 is 27.5 Å². The minimum atomic E-state index is -3.80. The van der Waals surface area contributed by atoms with E-state index in [4.69, 9.17) is 5.14 Å². The lowest BCUT2D eigenvalue weighted by Gasteiger charge is -2.07. The first kappa shape index (κ1) is 16.7. The first-order valence-corrected chi connectivity index (χ1v) is 8.17. The van der Waals surface area contributed by atoms with E-state index in [9.17, 15) is 18.0 Å². The third-order valence-corrected chi connectivity index (χ3v) is 3.87. The van der Waals surface area contributed by atoms with E-state index in [-0.39, 0.29) is 17.1 Å². The van der Waals surface area contributed by atoms with Crippen LogP contribution in [0.25, 0.3) is 0 Å². The number of hydrogen-bond acceptors (Lipinski definition) is 4. The van der Waals surface area contributed by atoms with Crippen LogP contribution in [0.5, 0.6) is 0 Å². The number of benzene rings is 2. The second-order valence-corrected chi connectivity index (χ2v) is 6.25. The Balaban J connectivity index is 1.92. The van der Waals surface area contributed by atoms with Crippen molar-refractivity contribution in [2.45, 2.75) is 11.4 Å². The molecule has 0 saturated heterocycles. The van der Waals surface area contributed by atoms with E-state index in [0.29, 0.717) is 0 Å². The lowest BCUT2D eigenvalue weighted by molar-refractivity contribution is -0.136. The molecular formula is C15H15N3O4S. The van der Waals surface area contributed by atoms with E-state index in [1.165, 1.54) is 24.3 Å². The maximum absolute atomic E-state index is 11.7. The van der Waals surface area contributed by atoms with Crippen molar-refractivity contribution in [2.75, 3.05) is 5.32 Å². The summed E-state index contributed by atoms with van der Waals surface area (Å²) in [7, 11) is -3.80. The SMILES string of the molecule is NS(=O)(=O)c1ccc(NC(=O)C(=O)NCc2ccccc2)cc1. The first-order valence-electron chi connectivity index (χ1n) is 6.62. The summed E-state index contributed by atoms with van der Waals surface area (Å²) in [6.07, 6.45) is 0. The molecule has 0 aliphatic heterocycles. The van der Waals surface area contributed by atoms with E-state index < -0.39 is 21.8 Å². The number of anilines is 1. The Bertz CT molecular complexity index is 802. The number of sulfonamides is 1. The molecule has 0 bridgehead atoms. The Hall–Kier alpha value is -2.71. The van der Waals surface area contributed by atoms with Crippen LogP contribution in [0.15, 0.2) is 59.5 Å². The number of hydrogen-bond donors (Lipinski definition) is 3. The predicted molar refractivity (Wildman–Crippen MR) is 84.7 cm³/mol. The van der Waals surface area contributed by atoms with Crippen LogP contribution in [0.1, 0.15) is 5.56 Å². The molecule has 0 unspecified atom stereocenters. The average Bonchev–Trinajstić information content (AvgIpc) is 2.53. The van der Waals surface area contributed by atoms with Crippen LogP contribution in [-0.2, 0) is 26.2 Å². The van der Waals surface area contributed by atoms with Gasteiger partial charge < -0.3 is 10.6 Å². The van der Waals surface area contributed by atoms with Crippen molar-refractivity contribution in [3.05, 3.63) is 60.2 Å². The Morgan fingerprint density at radius 2 is 1.52 bits per heavy atom. The molecule has 0 aliphatic rings. The van der Waals surface area contributed by atoms with Crippen molar-refractivity contribution in [3.63, 3.8) is 0 Å². The topological polar surface area (TPSA) is 118 Å². The fourth-order valence-corrected chi connectivity index (χ4v) is 2.29. The van der Waals surface area contributed by atoms with Crippen LogP contribution in [0, 0.1) is 0 Å². The molecule has 2 amide bonds. The van der Waals surface area contributed by atoms with E-state index in [1.807, 2.05) is 30.3 Å². The van der Waals surface area contributed by atoms with Gasteiger partial charge in [0.15, 0.2) is 0 Å². The molecule has 120 valence electrons. The Morgan fingerprint density at radius 3 is 2.09 bits per heavy atom. The smallest absolute Gasteiger partial charge is 0.313 e. The summed E-state index contributed by atoms with van der Waals surface area (Å²) < 4.78 is 22.2. The summed E-state index contributed by atoms with van der Waals surface area (Å²) in [5.41, 5.74) is 1.16. The van der Waals surface area contributed by atoms with Crippen molar-refractivity contribution in [1.29, 1.82) is 0 Å². The maximum atomic E-state index is 11.7. The molecular weight excluding hydrogens is 318 g/mol. The number of carbonyl (C=O) groups excluding carboxylic acids is 2. The largest absolute Gasteiger partial charge is 0.344 e. The van der Waals surface area contributed by atoms with Gasteiger partial charge >= 0.3 is 11.8 Å². The maximum Gasteiger partial charge on any atom is 0.313 e. The van der Waals surface area contributed by atoms with Gasteiger partial charge in [-0.1, -0.05) is 30.3 Å². The van der Waals surface area contributed by atoms with Crippen molar-refractivity contribution in [3.8, 4) is 0 Å². The summed E-state index contributed by atoms with van der Waals surface area (Å²) in [4.78, 5) is 23.4. The van der Waals surface area contributed by atoms with Crippen LogP contribution >= 0.6 is 0 Å². The standard InChI is InChI=1S/C15H15N3O4S/c16-23(21,22)13-8-6-12(7-9-13)18-15(20)14(19)17-10-11-4-2-1-3-5-11/h1-9H,10H2,(H,17,19)(H,18,20)(H2,16,21,22). The Morgan fingerprint density at radius 1 is 0.913 bits per heavy atom. The quantitative estimate of drug-likeness (QED) is 0.709. The van der Waals surface area contributed by atoms with Gasteiger partial charge in [-0.05, 0) is 29.8 Å². The molecule has 0 aromatic heterocycles. The van der Waals surface area contributed by atoms with Crippen LogP contribution in [0.3, 0.4) is 0 Å². The molecule has 2 rings (SSSR count). The van der Waals surface area contributed by atoms with Gasteiger partial charge in [-0.15, -0.1) is 0 Å². The minimum Gasteiger partial charge on any atom is -0.344 e. The molecule has 0 saturated carbocycles. The fourth-order valence-electron chi connectivity index (χ4n) is 1.77. The third-order valence-electron chi connectivity index (χ3n) is 2.94. The number of amides is 2. The summed E-state index contributed by atoms with van der Waals surface area (Å²) in [5, 5.41) is 9.83. The molecule has 7 nitrogen and oxygen atoms in total. The van der Waals surface area contributed by atoms with Gasteiger partial charge in [0.1, 0.15) is 0 Å².